The molecule has 134 valence electrons. The lowest BCUT2D eigenvalue weighted by molar-refractivity contribution is 0.102. The minimum absolute atomic E-state index is 0.263. The van der Waals surface area contributed by atoms with Crippen LogP contribution in [0.2, 0.25) is 0 Å². The van der Waals surface area contributed by atoms with E-state index in [-0.39, 0.29) is 11.6 Å². The monoisotopic (exact) mass is 346 g/mol. The summed E-state index contributed by atoms with van der Waals surface area (Å²) >= 11 is 0. The van der Waals surface area contributed by atoms with Crippen LogP contribution in [0.25, 0.3) is 0 Å². The summed E-state index contributed by atoms with van der Waals surface area (Å²) in [6.07, 6.45) is 2.19. The first-order valence-corrected chi connectivity index (χ1v) is 7.76. The molecule has 0 aliphatic heterocycles. The number of methoxy groups -OCH3 is 3. The Morgan fingerprint density at radius 1 is 1.08 bits per heavy atom. The highest BCUT2D eigenvalue weighted by Gasteiger charge is 2.11. The Hall–Kier alpha value is -2.87. The van der Waals surface area contributed by atoms with Gasteiger partial charge < -0.3 is 24.8 Å². The molecule has 0 aliphatic carbocycles. The molecule has 0 atom stereocenters. The zero-order valence-corrected chi connectivity index (χ0v) is 14.5. The van der Waals surface area contributed by atoms with E-state index in [9.17, 15) is 4.79 Å². The Morgan fingerprint density at radius 3 is 2.60 bits per heavy atom. The third-order valence-corrected chi connectivity index (χ3v) is 3.37. The smallest absolute Gasteiger partial charge is 0.274 e. The van der Waals surface area contributed by atoms with Crippen molar-refractivity contribution in [1.29, 1.82) is 0 Å². The topological polar surface area (TPSA) is 94.6 Å². The van der Waals surface area contributed by atoms with Crippen molar-refractivity contribution < 1.29 is 19.0 Å². The summed E-state index contributed by atoms with van der Waals surface area (Å²) in [5.74, 6) is 1.37. The molecule has 8 heteroatoms. The lowest BCUT2D eigenvalue weighted by atomic mass is 10.2. The molecule has 2 aromatic rings. The van der Waals surface area contributed by atoms with Crippen LogP contribution in [0.4, 0.5) is 11.5 Å². The summed E-state index contributed by atoms with van der Waals surface area (Å²) in [5.41, 5.74) is 0.842. The molecule has 0 saturated heterocycles. The average Bonchev–Trinajstić information content (AvgIpc) is 2.65. The van der Waals surface area contributed by atoms with E-state index in [1.54, 1.807) is 38.5 Å². The van der Waals surface area contributed by atoms with Gasteiger partial charge in [-0.25, -0.2) is 9.97 Å². The van der Waals surface area contributed by atoms with E-state index < -0.39 is 0 Å². The van der Waals surface area contributed by atoms with Crippen LogP contribution in [-0.2, 0) is 4.74 Å². The summed E-state index contributed by atoms with van der Waals surface area (Å²) < 4.78 is 15.4. The molecule has 0 fully saturated rings. The number of hydrogen-bond donors (Lipinski definition) is 2. The molecule has 1 amide bonds. The van der Waals surface area contributed by atoms with E-state index in [2.05, 4.69) is 20.6 Å². The molecule has 1 aromatic carbocycles. The third-order valence-electron chi connectivity index (χ3n) is 3.37. The van der Waals surface area contributed by atoms with Gasteiger partial charge in [0.05, 0.1) is 14.2 Å². The molecule has 8 nitrogen and oxygen atoms in total. The van der Waals surface area contributed by atoms with Crippen LogP contribution in [-0.4, -0.2) is 50.4 Å². The fourth-order valence-corrected chi connectivity index (χ4v) is 2.12. The number of rotatable bonds is 9. The van der Waals surface area contributed by atoms with E-state index in [0.29, 0.717) is 36.2 Å². The van der Waals surface area contributed by atoms with Crippen molar-refractivity contribution in [1.82, 2.24) is 9.97 Å². The van der Waals surface area contributed by atoms with Crippen LogP contribution in [0, 0.1) is 0 Å². The van der Waals surface area contributed by atoms with Gasteiger partial charge in [-0.1, -0.05) is 0 Å². The van der Waals surface area contributed by atoms with E-state index in [1.807, 2.05) is 0 Å². The Morgan fingerprint density at radius 2 is 1.88 bits per heavy atom. The zero-order chi connectivity index (χ0) is 18.1. The van der Waals surface area contributed by atoms with Crippen LogP contribution in [0.5, 0.6) is 11.5 Å². The van der Waals surface area contributed by atoms with Crippen LogP contribution >= 0.6 is 0 Å². The van der Waals surface area contributed by atoms with Crippen LogP contribution in [0.3, 0.4) is 0 Å². The van der Waals surface area contributed by atoms with Crippen molar-refractivity contribution in [2.24, 2.45) is 0 Å². The number of nitrogens with zero attached hydrogens (tertiary/aromatic N) is 2. The lowest BCUT2D eigenvalue weighted by Gasteiger charge is -2.11. The maximum atomic E-state index is 12.4. The average molecular weight is 346 g/mol. The summed E-state index contributed by atoms with van der Waals surface area (Å²) in [6.45, 7) is 1.35. The maximum Gasteiger partial charge on any atom is 0.274 e. The van der Waals surface area contributed by atoms with Crippen LogP contribution in [0.1, 0.15) is 16.9 Å². The number of ether oxygens (including phenoxy) is 3. The van der Waals surface area contributed by atoms with Crippen molar-refractivity contribution in [2.75, 3.05) is 45.1 Å². The second-order valence-electron chi connectivity index (χ2n) is 5.09. The van der Waals surface area contributed by atoms with Gasteiger partial charge in [-0.3, -0.25) is 4.79 Å². The summed E-state index contributed by atoms with van der Waals surface area (Å²) in [4.78, 5) is 20.5. The van der Waals surface area contributed by atoms with Crippen LogP contribution in [0.15, 0.2) is 30.6 Å². The number of nitrogens with one attached hydrogen (secondary N) is 2. The van der Waals surface area contributed by atoms with Gasteiger partial charge >= 0.3 is 0 Å². The standard InChI is InChI=1S/C17H22N4O4/c1-23-8-4-7-18-16-10-13(19-11-20-16)17(22)21-12-5-6-14(24-2)15(9-12)25-3/h5-6,9-11H,4,7-8H2,1-3H3,(H,21,22)(H,18,19,20). The number of carbonyl (C=O) groups is 1. The Labute approximate surface area is 146 Å². The molecule has 1 aromatic heterocycles. The third kappa shape index (κ3) is 5.32. The van der Waals surface area contributed by atoms with E-state index >= 15 is 0 Å². The van der Waals surface area contributed by atoms with Gasteiger partial charge in [-0.2, -0.15) is 0 Å². The van der Waals surface area contributed by atoms with Crippen molar-refractivity contribution >= 4 is 17.4 Å². The molecule has 1 heterocycles. The first kappa shape index (κ1) is 18.5. The van der Waals surface area contributed by atoms with Gasteiger partial charge in [-0.05, 0) is 18.6 Å². The molecule has 0 radical (unpaired) electrons. The molecule has 0 saturated carbocycles. The predicted octanol–water partition coefficient (Wildman–Crippen LogP) is 2.19. The van der Waals surface area contributed by atoms with Gasteiger partial charge in [0.25, 0.3) is 5.91 Å². The molecule has 0 unspecified atom stereocenters. The Bertz CT molecular complexity index is 709. The van der Waals surface area contributed by atoms with Gasteiger partial charge in [0.1, 0.15) is 17.8 Å². The maximum absolute atomic E-state index is 12.4. The van der Waals surface area contributed by atoms with E-state index in [1.165, 1.54) is 13.4 Å². The van der Waals surface area contributed by atoms with Gasteiger partial charge in [-0.15, -0.1) is 0 Å². The number of carbonyl (C=O) groups excluding carboxylic acids is 1. The predicted molar refractivity (Wildman–Crippen MR) is 94.5 cm³/mol. The highest BCUT2D eigenvalue weighted by atomic mass is 16.5. The fraction of sp³-hybridized carbons (Fsp3) is 0.353. The fourth-order valence-electron chi connectivity index (χ4n) is 2.12. The van der Waals surface area contributed by atoms with E-state index in [4.69, 9.17) is 14.2 Å². The quantitative estimate of drug-likeness (QED) is 0.672. The zero-order valence-electron chi connectivity index (χ0n) is 14.5. The highest BCUT2D eigenvalue weighted by molar-refractivity contribution is 6.03. The SMILES string of the molecule is COCCCNc1cc(C(=O)Nc2ccc(OC)c(OC)c2)ncn1. The lowest BCUT2D eigenvalue weighted by Crippen LogP contribution is -2.15. The minimum atomic E-state index is -0.338. The summed E-state index contributed by atoms with van der Waals surface area (Å²) in [5, 5.41) is 5.90. The molecule has 2 N–H and O–H groups in total. The van der Waals surface area contributed by atoms with Crippen LogP contribution < -0.4 is 20.1 Å². The number of amides is 1. The second-order valence-corrected chi connectivity index (χ2v) is 5.09. The van der Waals surface area contributed by atoms with E-state index in [0.717, 1.165) is 6.42 Å². The number of aromatic nitrogens is 2. The number of benzene rings is 1. The van der Waals surface area contributed by atoms with Gasteiger partial charge in [0.15, 0.2) is 11.5 Å². The first-order chi connectivity index (χ1) is 12.2. The van der Waals surface area contributed by atoms with Gasteiger partial charge in [0, 0.05) is 38.1 Å². The van der Waals surface area contributed by atoms with Crippen molar-refractivity contribution in [3.63, 3.8) is 0 Å². The van der Waals surface area contributed by atoms with Crippen molar-refractivity contribution in [3.8, 4) is 11.5 Å². The number of hydrogen-bond acceptors (Lipinski definition) is 7. The molecular formula is C17H22N4O4. The normalized spacial score (nSPS) is 10.2. The molecule has 2 rings (SSSR count). The minimum Gasteiger partial charge on any atom is -0.493 e. The van der Waals surface area contributed by atoms with Gasteiger partial charge in [0.2, 0.25) is 0 Å². The molecule has 0 aliphatic rings. The molecular weight excluding hydrogens is 324 g/mol. The highest BCUT2D eigenvalue weighted by Crippen LogP contribution is 2.29. The first-order valence-electron chi connectivity index (χ1n) is 7.76. The van der Waals surface area contributed by atoms with Crippen molar-refractivity contribution in [3.05, 3.63) is 36.3 Å². The molecule has 0 bridgehead atoms. The summed E-state index contributed by atoms with van der Waals surface area (Å²) in [7, 11) is 4.74. The Kier molecular flexibility index (Phi) is 6.97. The summed E-state index contributed by atoms with van der Waals surface area (Å²) in [6, 6.07) is 6.73. The largest absolute Gasteiger partial charge is 0.493 e. The van der Waals surface area contributed by atoms with Crippen molar-refractivity contribution in [2.45, 2.75) is 6.42 Å². The molecule has 0 spiro atoms. The Balaban J connectivity index is 2.03. The number of anilines is 2. The second kappa shape index (κ2) is 9.43. The molecule has 25 heavy (non-hydrogen) atoms.